The Morgan fingerprint density at radius 2 is 1.68 bits per heavy atom. The summed E-state index contributed by atoms with van der Waals surface area (Å²) in [4.78, 5) is 14.5. The van der Waals surface area contributed by atoms with Crippen LogP contribution in [0.5, 0.6) is 0 Å². The minimum Gasteiger partial charge on any atom is -0.345 e. The summed E-state index contributed by atoms with van der Waals surface area (Å²) in [6, 6.07) is 20.2. The van der Waals surface area contributed by atoms with Crippen molar-refractivity contribution in [1.29, 1.82) is 0 Å². The van der Waals surface area contributed by atoms with Gasteiger partial charge in [0.05, 0.1) is 19.0 Å². The van der Waals surface area contributed by atoms with Crippen LogP contribution in [0, 0.1) is 11.8 Å². The number of nitrogens with one attached hydrogen (secondary N) is 1. The Hall–Kier alpha value is -2.57. The Kier molecular flexibility index (Phi) is 7.75. The van der Waals surface area contributed by atoms with E-state index >= 15 is 0 Å². The second-order valence-corrected chi connectivity index (χ2v) is 6.10. The Morgan fingerprint density at radius 3 is 2.32 bits per heavy atom. The number of carbonyl (C=O) groups excluding carboxylic acids is 1. The Morgan fingerprint density at radius 1 is 1.04 bits per heavy atom. The number of hydrogen-bond acceptors (Lipinski definition) is 2. The molecule has 1 atom stereocenters. The normalized spacial score (nSPS) is 11.5. The van der Waals surface area contributed by atoms with Gasteiger partial charge in [0.2, 0.25) is 5.91 Å². The van der Waals surface area contributed by atoms with E-state index in [0.717, 1.165) is 18.5 Å². The summed E-state index contributed by atoms with van der Waals surface area (Å²) in [6.45, 7) is 3.97. The molecule has 3 nitrogen and oxygen atoms in total. The zero-order valence-electron chi connectivity index (χ0n) is 15.0. The largest absolute Gasteiger partial charge is 0.345 e. The van der Waals surface area contributed by atoms with E-state index in [4.69, 9.17) is 0 Å². The monoisotopic (exact) mass is 334 g/mol. The van der Waals surface area contributed by atoms with Crippen LogP contribution in [0.1, 0.15) is 30.4 Å². The molecule has 2 aromatic rings. The second kappa shape index (κ2) is 10.3. The first-order valence-electron chi connectivity index (χ1n) is 8.71. The molecule has 0 saturated heterocycles. The minimum absolute atomic E-state index is 0.0423. The highest BCUT2D eigenvalue weighted by Crippen LogP contribution is 2.18. The van der Waals surface area contributed by atoms with Gasteiger partial charge in [0.15, 0.2) is 0 Å². The predicted octanol–water partition coefficient (Wildman–Crippen LogP) is 3.43. The van der Waals surface area contributed by atoms with Crippen molar-refractivity contribution in [1.82, 2.24) is 10.2 Å². The Bertz CT molecular complexity index is 701. The topological polar surface area (TPSA) is 32.3 Å². The number of rotatable bonds is 7. The van der Waals surface area contributed by atoms with Crippen LogP contribution >= 0.6 is 0 Å². The van der Waals surface area contributed by atoms with Crippen molar-refractivity contribution in [2.45, 2.75) is 25.8 Å². The summed E-state index contributed by atoms with van der Waals surface area (Å²) < 4.78 is 0. The van der Waals surface area contributed by atoms with E-state index in [1.807, 2.05) is 62.5 Å². The van der Waals surface area contributed by atoms with Gasteiger partial charge < -0.3 is 5.32 Å². The summed E-state index contributed by atoms with van der Waals surface area (Å²) in [6.07, 6.45) is 0.781. The molecule has 0 saturated carbocycles. The highest BCUT2D eigenvalue weighted by atomic mass is 16.1. The fraction of sp³-hybridized carbons (Fsp3) is 0.318. The molecule has 130 valence electrons. The number of benzene rings is 2. The van der Waals surface area contributed by atoms with Gasteiger partial charge in [-0.15, -0.1) is 0 Å². The highest BCUT2D eigenvalue weighted by Gasteiger charge is 2.17. The highest BCUT2D eigenvalue weighted by molar-refractivity contribution is 5.83. The van der Waals surface area contributed by atoms with Crippen molar-refractivity contribution in [3.63, 3.8) is 0 Å². The summed E-state index contributed by atoms with van der Waals surface area (Å²) in [5.74, 6) is 6.09. The van der Waals surface area contributed by atoms with Gasteiger partial charge in [-0.3, -0.25) is 9.69 Å². The quantitative estimate of drug-likeness (QED) is 0.787. The molecule has 0 radical (unpaired) electrons. The van der Waals surface area contributed by atoms with Gasteiger partial charge in [0.25, 0.3) is 0 Å². The summed E-state index contributed by atoms with van der Waals surface area (Å²) in [5, 5.41) is 2.92. The molecule has 3 heteroatoms. The minimum atomic E-state index is -0.108. The molecular formula is C22H26N2O. The molecule has 0 bridgehead atoms. The van der Waals surface area contributed by atoms with E-state index in [1.54, 1.807) is 0 Å². The number of hydrogen-bond donors (Lipinski definition) is 1. The van der Waals surface area contributed by atoms with Crippen LogP contribution in [0.4, 0.5) is 0 Å². The number of amides is 1. The average molecular weight is 334 g/mol. The molecule has 2 rings (SSSR count). The second-order valence-electron chi connectivity index (χ2n) is 6.10. The molecule has 0 aliphatic carbocycles. The maximum absolute atomic E-state index is 12.3. The van der Waals surface area contributed by atoms with Crippen LogP contribution in [0.2, 0.25) is 0 Å². The van der Waals surface area contributed by atoms with Gasteiger partial charge in [-0.05, 0) is 24.6 Å². The fourth-order valence-electron chi connectivity index (χ4n) is 2.72. The zero-order valence-corrected chi connectivity index (χ0v) is 15.0. The van der Waals surface area contributed by atoms with Gasteiger partial charge >= 0.3 is 0 Å². The van der Waals surface area contributed by atoms with E-state index in [9.17, 15) is 4.79 Å². The molecule has 0 aliphatic heterocycles. The molecule has 0 aromatic heterocycles. The van der Waals surface area contributed by atoms with Gasteiger partial charge in [0.1, 0.15) is 0 Å². The van der Waals surface area contributed by atoms with E-state index in [0.29, 0.717) is 13.1 Å². The molecule has 0 spiro atoms. The molecule has 0 fully saturated rings. The van der Waals surface area contributed by atoms with Crippen molar-refractivity contribution >= 4 is 5.91 Å². The fourth-order valence-corrected chi connectivity index (χ4v) is 2.72. The van der Waals surface area contributed by atoms with Crippen LogP contribution in [0.15, 0.2) is 60.7 Å². The van der Waals surface area contributed by atoms with Gasteiger partial charge in [-0.1, -0.05) is 79.4 Å². The van der Waals surface area contributed by atoms with Gasteiger partial charge in [-0.25, -0.2) is 0 Å². The van der Waals surface area contributed by atoms with E-state index < -0.39 is 0 Å². The predicted molar refractivity (Wildman–Crippen MR) is 103 cm³/mol. The molecular weight excluding hydrogens is 308 g/mol. The Balaban J connectivity index is 1.75. The molecule has 1 N–H and O–H groups in total. The standard InChI is InChI=1S/C22H26N2O/c1-3-21(20-14-8-5-9-15-20)22(25)23-16-10-11-17-24(2)18-19-12-6-4-7-13-19/h4-9,12-15,21H,3,16-18H2,1-2H3,(H,23,25)/t21-/m0/s1. The third-order valence-electron chi connectivity index (χ3n) is 4.05. The van der Waals surface area contributed by atoms with Crippen molar-refractivity contribution < 1.29 is 4.79 Å². The first kappa shape index (κ1) is 18.8. The molecule has 1 amide bonds. The molecule has 0 aliphatic rings. The van der Waals surface area contributed by atoms with Crippen LogP contribution in [0.25, 0.3) is 0 Å². The molecule has 0 unspecified atom stereocenters. The SMILES string of the molecule is CC[C@H](C(=O)NCC#CCN(C)Cc1ccccc1)c1ccccc1. The Labute approximate surface area is 151 Å². The zero-order chi connectivity index (χ0) is 17.9. The molecule has 0 heterocycles. The number of carbonyl (C=O) groups is 1. The third kappa shape index (κ3) is 6.45. The van der Waals surface area contributed by atoms with Crippen molar-refractivity contribution in [3.05, 3.63) is 71.8 Å². The maximum Gasteiger partial charge on any atom is 0.228 e. The van der Waals surface area contributed by atoms with Crippen LogP contribution in [-0.2, 0) is 11.3 Å². The van der Waals surface area contributed by atoms with E-state index in [1.165, 1.54) is 5.56 Å². The smallest absolute Gasteiger partial charge is 0.228 e. The van der Waals surface area contributed by atoms with Crippen LogP contribution < -0.4 is 5.32 Å². The van der Waals surface area contributed by atoms with Crippen LogP contribution in [-0.4, -0.2) is 30.9 Å². The van der Waals surface area contributed by atoms with E-state index in [2.05, 4.69) is 34.2 Å². The molecule has 25 heavy (non-hydrogen) atoms. The average Bonchev–Trinajstić information content (AvgIpc) is 2.64. The lowest BCUT2D eigenvalue weighted by Crippen LogP contribution is -2.29. The first-order valence-corrected chi connectivity index (χ1v) is 8.71. The lowest BCUT2D eigenvalue weighted by atomic mass is 9.96. The van der Waals surface area contributed by atoms with E-state index in [-0.39, 0.29) is 11.8 Å². The van der Waals surface area contributed by atoms with Crippen LogP contribution in [0.3, 0.4) is 0 Å². The lowest BCUT2D eigenvalue weighted by Gasteiger charge is -2.14. The summed E-state index contributed by atoms with van der Waals surface area (Å²) >= 11 is 0. The summed E-state index contributed by atoms with van der Waals surface area (Å²) in [5.41, 5.74) is 2.33. The summed E-state index contributed by atoms with van der Waals surface area (Å²) in [7, 11) is 2.04. The van der Waals surface area contributed by atoms with Crippen molar-refractivity contribution in [2.75, 3.05) is 20.1 Å². The van der Waals surface area contributed by atoms with Gasteiger partial charge in [0, 0.05) is 6.54 Å². The molecule has 2 aromatic carbocycles. The van der Waals surface area contributed by atoms with Gasteiger partial charge in [-0.2, -0.15) is 0 Å². The third-order valence-corrected chi connectivity index (χ3v) is 4.05. The lowest BCUT2D eigenvalue weighted by molar-refractivity contribution is -0.122. The maximum atomic E-state index is 12.3. The van der Waals surface area contributed by atoms with Crippen molar-refractivity contribution in [3.8, 4) is 11.8 Å². The van der Waals surface area contributed by atoms with Crippen molar-refractivity contribution in [2.24, 2.45) is 0 Å². The first-order chi connectivity index (χ1) is 12.2. The number of nitrogens with zero attached hydrogens (tertiary/aromatic N) is 1.